The van der Waals surface area contributed by atoms with Crippen LogP contribution in [0.2, 0.25) is 0 Å². The lowest BCUT2D eigenvalue weighted by atomic mass is 9.90. The highest BCUT2D eigenvalue weighted by atomic mass is 35.6. The Balaban J connectivity index is 0.000000329. The Labute approximate surface area is 651 Å². The van der Waals surface area contributed by atoms with Crippen molar-refractivity contribution in [3.63, 3.8) is 0 Å². The van der Waals surface area contributed by atoms with Gasteiger partial charge in [-0.2, -0.15) is 0 Å². The first kappa shape index (κ1) is 90.4. The molecule has 7 rings (SSSR count). The number of esters is 4. The van der Waals surface area contributed by atoms with E-state index in [0.29, 0.717) is 29.7 Å². The third kappa shape index (κ3) is 27.1. The number of hydrogen-bond acceptors (Lipinski definition) is 23. The summed E-state index contributed by atoms with van der Waals surface area (Å²) >= 11 is 17.0. The van der Waals surface area contributed by atoms with Crippen LogP contribution >= 0.6 is 34.8 Å². The molecule has 7 atom stereocenters. The minimum atomic E-state index is -1.78. The number of carbonyl (C=O) groups is 9. The Bertz CT molecular complexity index is 4370. The number of nitrogens with one attached hydrogen (secondary N) is 4. The van der Waals surface area contributed by atoms with Gasteiger partial charge in [-0.25, -0.2) is 24.6 Å². The molecule has 0 spiro atoms. The average Bonchev–Trinajstić information content (AvgIpc) is 0.889. The van der Waals surface area contributed by atoms with Crippen molar-refractivity contribution >= 4 is 134 Å². The number of rotatable bonds is 25. The van der Waals surface area contributed by atoms with Gasteiger partial charge in [0.15, 0.2) is 6.10 Å². The summed E-state index contributed by atoms with van der Waals surface area (Å²) < 4.78 is 34.9. The fourth-order valence-corrected chi connectivity index (χ4v) is 10.8. The molecule has 0 unspecified atom stereocenters. The van der Waals surface area contributed by atoms with E-state index in [1.807, 2.05) is 95.3 Å². The van der Waals surface area contributed by atoms with Crippen LogP contribution in [0, 0.1) is 50.8 Å². The van der Waals surface area contributed by atoms with Crippen LogP contribution in [0.25, 0.3) is 34.0 Å². The second-order valence-corrected chi connectivity index (χ2v) is 31.3. The molecule has 33 heteroatoms. The van der Waals surface area contributed by atoms with E-state index >= 15 is 0 Å². The van der Waals surface area contributed by atoms with Crippen molar-refractivity contribution in [1.82, 2.24) is 36.4 Å². The number of nitrogens with zero attached hydrogens (tertiary/aromatic N) is 5. The third-order valence-electron chi connectivity index (χ3n) is 16.4. The Morgan fingerprint density at radius 2 is 1.07 bits per heavy atom. The number of methoxy groups -OCH3 is 2. The Kier molecular flexibility index (Phi) is 32.4. The summed E-state index contributed by atoms with van der Waals surface area (Å²) in [5, 5.41) is 42.9. The molecule has 30 nitrogen and oxygen atoms in total. The molecule has 4 aromatic carbocycles. The number of amides is 4. The number of alkyl halides is 3. The SMILES string of the molecule is COC[C@](C)(/C=C/c1ccc2ccc([C@@H](C)NC(=O)OC(C)(C)C)nc2c1)C(=O)O.COC[C@](C)(/C=C/c1ccc2ccc([C@@H](C)NC(=O)OC(C)(C)C)nc2c1)C(=O)O[C@H](C(=O)N[C@@H](C)C(=O)N1CCC[C@@H](C(=O)OCC(Cl)(Cl)Cl)N1)C(C)C.Cc1cccc([N+](=O)[O-])c1C(=O)OC(=O)c1c(C)cccc1[N+](=O)[O-]. The summed E-state index contributed by atoms with van der Waals surface area (Å²) in [4.78, 5) is 143. The first-order chi connectivity index (χ1) is 51.2. The molecule has 6 aromatic rings. The van der Waals surface area contributed by atoms with Crippen LogP contribution in [-0.4, -0.2) is 158 Å². The number of carboxylic acids is 1. The second kappa shape index (κ2) is 39.4. The van der Waals surface area contributed by atoms with Gasteiger partial charge in [0.25, 0.3) is 23.2 Å². The molecule has 5 N–H and O–H groups in total. The number of alkyl carbamates (subject to hydrolysis) is 2. The minimum absolute atomic E-state index is 0.0562. The van der Waals surface area contributed by atoms with Crippen molar-refractivity contribution in [2.24, 2.45) is 16.7 Å². The van der Waals surface area contributed by atoms with Crippen molar-refractivity contribution in [2.75, 3.05) is 40.6 Å². The molecule has 110 heavy (non-hydrogen) atoms. The van der Waals surface area contributed by atoms with Gasteiger partial charge >= 0.3 is 42.0 Å². The molecule has 594 valence electrons. The van der Waals surface area contributed by atoms with E-state index in [1.54, 1.807) is 72.8 Å². The Morgan fingerprint density at radius 1 is 0.636 bits per heavy atom. The van der Waals surface area contributed by atoms with Crippen LogP contribution in [0.15, 0.2) is 109 Å². The van der Waals surface area contributed by atoms with Crippen molar-refractivity contribution in [3.05, 3.63) is 174 Å². The van der Waals surface area contributed by atoms with Crippen LogP contribution in [-0.2, 0) is 57.1 Å². The van der Waals surface area contributed by atoms with Gasteiger partial charge in [-0.3, -0.25) is 59.2 Å². The number of benzene rings is 4. The first-order valence-electron chi connectivity index (χ1n) is 34.7. The number of halogens is 3. The van der Waals surface area contributed by atoms with Crippen molar-refractivity contribution < 1.29 is 91.3 Å². The predicted octanol–water partition coefficient (Wildman–Crippen LogP) is 13.7. The Morgan fingerprint density at radius 3 is 1.48 bits per heavy atom. The molecular weight excluding hydrogens is 1490 g/mol. The molecule has 4 amide bonds. The van der Waals surface area contributed by atoms with Crippen molar-refractivity contribution in [3.8, 4) is 0 Å². The van der Waals surface area contributed by atoms with Crippen LogP contribution in [0.1, 0.15) is 169 Å². The third-order valence-corrected chi connectivity index (χ3v) is 16.7. The summed E-state index contributed by atoms with van der Waals surface area (Å²) in [6.45, 7) is 25.3. The van der Waals surface area contributed by atoms with E-state index < -0.39 is 138 Å². The molecule has 0 saturated carbocycles. The number of pyridine rings is 2. The van der Waals surface area contributed by atoms with E-state index in [0.717, 1.165) is 39.5 Å². The predicted molar refractivity (Wildman–Crippen MR) is 412 cm³/mol. The van der Waals surface area contributed by atoms with Gasteiger partial charge in [0, 0.05) is 43.7 Å². The van der Waals surface area contributed by atoms with E-state index in [2.05, 4.69) is 31.1 Å². The van der Waals surface area contributed by atoms with Crippen LogP contribution < -0.4 is 21.4 Å². The van der Waals surface area contributed by atoms with Crippen LogP contribution in [0.5, 0.6) is 0 Å². The number of nitro benzene ring substituents is 2. The number of hydrogen-bond donors (Lipinski definition) is 5. The molecule has 0 radical (unpaired) electrons. The number of aliphatic carboxylic acids is 1. The summed E-state index contributed by atoms with van der Waals surface area (Å²) in [5.74, 6) is -6.49. The quantitative estimate of drug-likeness (QED) is 0.00887. The lowest BCUT2D eigenvalue weighted by Crippen LogP contribution is -2.60. The number of carboxylic acid groups (broad SMARTS) is 1. The number of hydrazine groups is 1. The highest BCUT2D eigenvalue weighted by Crippen LogP contribution is 2.31. The van der Waals surface area contributed by atoms with Crippen LogP contribution in [0.4, 0.5) is 21.0 Å². The number of ether oxygens (including phenoxy) is 7. The van der Waals surface area contributed by atoms with E-state index in [-0.39, 0.29) is 48.1 Å². The number of nitro groups is 2. The molecule has 2 aromatic heterocycles. The van der Waals surface area contributed by atoms with Gasteiger partial charge in [0.2, 0.25) is 3.79 Å². The topological polar surface area (TPSA) is 402 Å². The summed E-state index contributed by atoms with van der Waals surface area (Å²) in [6, 6.07) is 24.1. The standard InChI is InChI=1S/C38H52Cl3N5O9.C23H30N2O5.C16H12N2O7/c1-22(2)30(31(47)42-24(4)32(48)46-18-10-11-28(45-46)33(49)53-21-38(39,40)41)54-34(50)37(8,20-52-9)17-16-25-12-13-26-14-15-27(44-29(26)19-25)23(3)43-35(51)55-36(5,6)7;1-15(24-21(28)30-22(2,3)4)18-10-9-17-8-7-16(13-19(17)25-18)11-12-23(5,14-29-6)20(26)27;1-9-5-3-7-11(17(21)22)13(9)15(19)25-16(20)14-10(2)6-4-8-12(14)18(23)24/h12-17,19,22-24,28,30,45H,10-11,18,20-21H2,1-9H3,(H,42,47)(H,43,51);7-13,15H,14H2,1-6H3,(H,24,28)(H,26,27);3-8H,1-2H3/b17-16+;12-11+;/t23-,24+,28+,30+,37+;15-,23+;/m11./s1. The average molecular weight is 1590 g/mol. The maximum atomic E-state index is 13.7. The zero-order valence-corrected chi connectivity index (χ0v) is 66.5. The van der Waals surface area contributed by atoms with Gasteiger partial charge in [-0.15, -0.1) is 0 Å². The summed E-state index contributed by atoms with van der Waals surface area (Å²) in [6.07, 6.45) is 5.34. The minimum Gasteiger partial charge on any atom is -0.481 e. The van der Waals surface area contributed by atoms with Gasteiger partial charge in [0.1, 0.15) is 51.8 Å². The van der Waals surface area contributed by atoms with Gasteiger partial charge in [0.05, 0.1) is 57.6 Å². The van der Waals surface area contributed by atoms with Crippen LogP contribution in [0.3, 0.4) is 0 Å². The number of aromatic nitrogens is 2. The summed E-state index contributed by atoms with van der Waals surface area (Å²) in [5.41, 5.74) is 2.18. The molecule has 3 heterocycles. The van der Waals surface area contributed by atoms with Crippen molar-refractivity contribution in [1.29, 1.82) is 0 Å². The number of fused-ring (bicyclic) bond motifs is 2. The lowest BCUT2D eigenvalue weighted by Gasteiger charge is -2.35. The second-order valence-electron chi connectivity index (χ2n) is 28.8. The summed E-state index contributed by atoms with van der Waals surface area (Å²) in [7, 11) is 2.93. The molecule has 1 saturated heterocycles. The molecule has 1 aliphatic rings. The number of aryl methyl sites for hydroxylation is 2. The van der Waals surface area contributed by atoms with E-state index in [1.165, 1.54) is 64.3 Å². The monoisotopic (exact) mass is 1590 g/mol. The highest BCUT2D eigenvalue weighted by molar-refractivity contribution is 6.67. The maximum absolute atomic E-state index is 13.7. The fraction of sp³-hybridized carbons (Fsp3) is 0.442. The molecule has 1 fully saturated rings. The van der Waals surface area contributed by atoms with Gasteiger partial charge in [-0.05, 0) is 155 Å². The molecule has 0 bridgehead atoms. The van der Waals surface area contributed by atoms with Gasteiger partial charge in [-0.1, -0.05) is 134 Å². The smallest absolute Gasteiger partial charge is 0.408 e. The number of carbonyl (C=O) groups excluding carboxylic acids is 8. The first-order valence-corrected chi connectivity index (χ1v) is 35.8. The van der Waals surface area contributed by atoms with Gasteiger partial charge < -0.3 is 54.2 Å². The van der Waals surface area contributed by atoms with Crippen molar-refractivity contribution in [2.45, 2.75) is 162 Å². The zero-order valence-electron chi connectivity index (χ0n) is 64.2. The highest BCUT2D eigenvalue weighted by Gasteiger charge is 2.40. The van der Waals surface area contributed by atoms with E-state index in [4.69, 9.17) is 68.2 Å². The largest absolute Gasteiger partial charge is 0.481 e. The maximum Gasteiger partial charge on any atom is 0.408 e. The van der Waals surface area contributed by atoms with E-state index in [9.17, 15) is 68.5 Å². The fourth-order valence-electron chi connectivity index (χ4n) is 10.7. The molecule has 1 aliphatic heterocycles. The normalized spacial score (nSPS) is 15.4. The molecule has 0 aliphatic carbocycles. The molecular formula is C77H94Cl3N9O21. The zero-order chi connectivity index (χ0) is 82.6. The Hall–Kier alpha value is -10.2. The lowest BCUT2D eigenvalue weighted by molar-refractivity contribution is -0.385.